The van der Waals surface area contributed by atoms with Crippen LogP contribution in [0.4, 0.5) is 14.5 Å². The van der Waals surface area contributed by atoms with Gasteiger partial charge < -0.3 is 5.32 Å². The molecule has 0 saturated carbocycles. The van der Waals surface area contributed by atoms with Gasteiger partial charge >= 0.3 is 0 Å². The zero-order valence-corrected chi connectivity index (χ0v) is 13.5. The molecule has 2 aromatic rings. The van der Waals surface area contributed by atoms with E-state index in [2.05, 4.69) is 15.5 Å². The molecule has 0 fully saturated rings. The summed E-state index contributed by atoms with van der Waals surface area (Å²) in [6.07, 6.45) is 1.88. The fourth-order valence-electron chi connectivity index (χ4n) is 1.37. The highest BCUT2D eigenvalue weighted by molar-refractivity contribution is 8.03. The van der Waals surface area contributed by atoms with Crippen LogP contribution in [0.15, 0.2) is 26.9 Å². The smallest absolute Gasteiger partial charge is 0.237 e. The molecule has 1 atom stereocenters. The lowest BCUT2D eigenvalue weighted by atomic mass is 10.3. The summed E-state index contributed by atoms with van der Waals surface area (Å²) in [5.41, 5.74) is -0.433. The van der Waals surface area contributed by atoms with Gasteiger partial charge in [0.05, 0.1) is 5.25 Å². The molecular formula is C12H11F2N3OS3. The van der Waals surface area contributed by atoms with Gasteiger partial charge in [0.15, 0.2) is 8.68 Å². The quantitative estimate of drug-likeness (QED) is 0.837. The summed E-state index contributed by atoms with van der Waals surface area (Å²) in [5, 5.41) is 9.56. The van der Waals surface area contributed by atoms with Crippen molar-refractivity contribution in [2.45, 2.75) is 20.9 Å². The number of carbonyl (C=O) groups excluding carboxylic acids is 1. The Morgan fingerprint density at radius 1 is 1.29 bits per heavy atom. The number of carbonyl (C=O) groups is 1. The van der Waals surface area contributed by atoms with E-state index in [1.807, 2.05) is 6.26 Å². The maximum atomic E-state index is 13.5. The van der Waals surface area contributed by atoms with Crippen molar-refractivity contribution >= 4 is 46.5 Å². The van der Waals surface area contributed by atoms with E-state index in [0.29, 0.717) is 4.34 Å². The Labute approximate surface area is 132 Å². The molecule has 4 nitrogen and oxygen atoms in total. The Kier molecular flexibility index (Phi) is 5.54. The van der Waals surface area contributed by atoms with Crippen LogP contribution in [0.2, 0.25) is 0 Å². The number of rotatable bonds is 5. The first-order chi connectivity index (χ1) is 10.0. The van der Waals surface area contributed by atoms with Crippen molar-refractivity contribution in [2.75, 3.05) is 11.6 Å². The number of hydrogen-bond acceptors (Lipinski definition) is 6. The second-order valence-electron chi connectivity index (χ2n) is 3.88. The van der Waals surface area contributed by atoms with Crippen LogP contribution < -0.4 is 5.32 Å². The molecule has 0 aliphatic carbocycles. The van der Waals surface area contributed by atoms with Gasteiger partial charge in [-0.15, -0.1) is 10.2 Å². The van der Waals surface area contributed by atoms with Crippen LogP contribution >= 0.6 is 34.9 Å². The minimum atomic E-state index is -0.805. The highest BCUT2D eigenvalue weighted by atomic mass is 32.2. The molecule has 1 aromatic heterocycles. The van der Waals surface area contributed by atoms with E-state index in [0.717, 1.165) is 16.5 Å². The lowest BCUT2D eigenvalue weighted by molar-refractivity contribution is -0.115. The summed E-state index contributed by atoms with van der Waals surface area (Å²) in [7, 11) is 0. The first-order valence-electron chi connectivity index (χ1n) is 5.80. The van der Waals surface area contributed by atoms with Gasteiger partial charge in [-0.05, 0) is 25.3 Å². The molecule has 21 heavy (non-hydrogen) atoms. The van der Waals surface area contributed by atoms with Crippen LogP contribution in [0, 0.1) is 11.6 Å². The SMILES string of the molecule is CSc1nnc(S[C@@H](C)C(=O)Nc2c(F)cccc2F)s1. The summed E-state index contributed by atoms with van der Waals surface area (Å²) in [5.74, 6) is -2.10. The van der Waals surface area contributed by atoms with Gasteiger partial charge in [-0.3, -0.25) is 4.79 Å². The summed E-state index contributed by atoms with van der Waals surface area (Å²) in [6.45, 7) is 1.64. The standard InChI is InChI=1S/C12H11F2N3OS3/c1-6(20-12-17-16-11(19-2)21-12)10(18)15-9-7(13)4-3-5-8(9)14/h3-6H,1-2H3,(H,15,18)/t6-/m0/s1. The van der Waals surface area contributed by atoms with Crippen molar-refractivity contribution in [2.24, 2.45) is 0 Å². The van der Waals surface area contributed by atoms with E-state index in [4.69, 9.17) is 0 Å². The fraction of sp³-hybridized carbons (Fsp3) is 0.250. The normalized spacial score (nSPS) is 12.2. The second kappa shape index (κ2) is 7.19. The molecule has 0 aliphatic heterocycles. The first-order valence-corrected chi connectivity index (χ1v) is 8.72. The minimum Gasteiger partial charge on any atom is -0.320 e. The molecule has 112 valence electrons. The molecule has 0 radical (unpaired) electrons. The summed E-state index contributed by atoms with van der Waals surface area (Å²) in [6, 6.07) is 3.42. The zero-order valence-electron chi connectivity index (χ0n) is 11.1. The Hall–Kier alpha value is -1.19. The predicted octanol–water partition coefficient (Wildman–Crippen LogP) is 3.66. The number of nitrogens with one attached hydrogen (secondary N) is 1. The largest absolute Gasteiger partial charge is 0.320 e. The van der Waals surface area contributed by atoms with E-state index in [1.54, 1.807) is 6.92 Å². The molecule has 1 aromatic carbocycles. The molecule has 0 aliphatic rings. The monoisotopic (exact) mass is 347 g/mol. The third-order valence-corrected chi connectivity index (χ3v) is 5.50. The number of thioether (sulfide) groups is 2. The molecule has 0 spiro atoms. The van der Waals surface area contributed by atoms with E-state index in [9.17, 15) is 13.6 Å². The lowest BCUT2D eigenvalue weighted by Gasteiger charge is -2.11. The number of halogens is 2. The molecule has 0 unspecified atom stereocenters. The summed E-state index contributed by atoms with van der Waals surface area (Å²) in [4.78, 5) is 12.0. The van der Waals surface area contributed by atoms with E-state index >= 15 is 0 Å². The maximum absolute atomic E-state index is 13.5. The fourth-order valence-corrected chi connectivity index (χ4v) is 3.96. The Morgan fingerprint density at radius 2 is 1.90 bits per heavy atom. The number of amides is 1. The molecule has 0 saturated heterocycles. The van der Waals surface area contributed by atoms with Gasteiger partial charge in [0.2, 0.25) is 5.91 Å². The van der Waals surface area contributed by atoms with Gasteiger partial charge in [0.25, 0.3) is 0 Å². The molecule has 0 bridgehead atoms. The number of aromatic nitrogens is 2. The van der Waals surface area contributed by atoms with Crippen LogP contribution in [0.1, 0.15) is 6.92 Å². The van der Waals surface area contributed by atoms with E-state index in [1.165, 1.54) is 40.9 Å². The van der Waals surface area contributed by atoms with Gasteiger partial charge in [-0.2, -0.15) is 0 Å². The van der Waals surface area contributed by atoms with Gasteiger partial charge in [-0.1, -0.05) is 40.9 Å². The molecule has 2 rings (SSSR count). The maximum Gasteiger partial charge on any atom is 0.237 e. The Balaban J connectivity index is 2.02. The van der Waals surface area contributed by atoms with Crippen molar-refractivity contribution in [1.29, 1.82) is 0 Å². The van der Waals surface area contributed by atoms with Crippen LogP contribution in [-0.4, -0.2) is 27.6 Å². The number of para-hydroxylation sites is 1. The van der Waals surface area contributed by atoms with Crippen molar-refractivity contribution < 1.29 is 13.6 Å². The van der Waals surface area contributed by atoms with E-state index < -0.39 is 28.5 Å². The Morgan fingerprint density at radius 3 is 2.48 bits per heavy atom. The predicted molar refractivity (Wildman–Crippen MR) is 82.0 cm³/mol. The molecule has 1 heterocycles. The Bertz CT molecular complexity index is 630. The first kappa shape index (κ1) is 16.2. The lowest BCUT2D eigenvalue weighted by Crippen LogP contribution is -2.23. The molecule has 9 heteroatoms. The van der Waals surface area contributed by atoms with Crippen LogP contribution in [0.25, 0.3) is 0 Å². The minimum absolute atomic E-state index is 0.433. The number of hydrogen-bond donors (Lipinski definition) is 1. The molecule has 1 amide bonds. The summed E-state index contributed by atoms with van der Waals surface area (Å²) < 4.78 is 28.4. The third kappa shape index (κ3) is 4.14. The van der Waals surface area contributed by atoms with Crippen molar-refractivity contribution in [3.8, 4) is 0 Å². The molecular weight excluding hydrogens is 336 g/mol. The number of nitrogens with zero attached hydrogens (tertiary/aromatic N) is 2. The van der Waals surface area contributed by atoms with Crippen LogP contribution in [0.3, 0.4) is 0 Å². The summed E-state index contributed by atoms with van der Waals surface area (Å²) >= 11 is 4.02. The number of anilines is 1. The van der Waals surface area contributed by atoms with Gasteiger partial charge in [-0.25, -0.2) is 8.78 Å². The van der Waals surface area contributed by atoms with Gasteiger partial charge in [0.1, 0.15) is 17.3 Å². The average Bonchev–Trinajstić information content (AvgIpc) is 2.90. The second-order valence-corrected chi connectivity index (χ2v) is 7.50. The van der Waals surface area contributed by atoms with Crippen LogP contribution in [0.5, 0.6) is 0 Å². The van der Waals surface area contributed by atoms with Crippen molar-refractivity contribution in [3.63, 3.8) is 0 Å². The van der Waals surface area contributed by atoms with Crippen molar-refractivity contribution in [1.82, 2.24) is 10.2 Å². The third-order valence-electron chi connectivity index (χ3n) is 2.42. The highest BCUT2D eigenvalue weighted by Crippen LogP contribution is 2.30. The van der Waals surface area contributed by atoms with Crippen molar-refractivity contribution in [3.05, 3.63) is 29.8 Å². The van der Waals surface area contributed by atoms with Crippen LogP contribution in [-0.2, 0) is 4.79 Å². The topological polar surface area (TPSA) is 54.9 Å². The molecule has 1 N–H and O–H groups in total. The zero-order chi connectivity index (χ0) is 15.4. The average molecular weight is 347 g/mol. The van der Waals surface area contributed by atoms with Gasteiger partial charge in [0, 0.05) is 0 Å². The van der Waals surface area contributed by atoms with E-state index in [-0.39, 0.29) is 0 Å². The highest BCUT2D eigenvalue weighted by Gasteiger charge is 2.20. The number of benzene rings is 1.